The summed E-state index contributed by atoms with van der Waals surface area (Å²) in [5.74, 6) is -1.07. The number of aromatic carboxylic acids is 1. The number of carboxylic acid groups (broad SMARTS) is 1. The summed E-state index contributed by atoms with van der Waals surface area (Å²) in [6, 6.07) is 0. The van der Waals surface area contributed by atoms with E-state index in [1.54, 1.807) is 0 Å². The minimum atomic E-state index is -1.07. The van der Waals surface area contributed by atoms with Gasteiger partial charge in [-0.2, -0.15) is 0 Å². The van der Waals surface area contributed by atoms with E-state index in [2.05, 4.69) is 10.5 Å². The van der Waals surface area contributed by atoms with Gasteiger partial charge in [-0.05, 0) is 0 Å². The van der Waals surface area contributed by atoms with E-state index in [0.717, 1.165) is 11.3 Å². The van der Waals surface area contributed by atoms with Crippen molar-refractivity contribution in [2.45, 2.75) is 6.61 Å². The number of aromatic nitrogens is 1. The Morgan fingerprint density at radius 1 is 1.80 bits per heavy atom. The molecule has 4 nitrogen and oxygen atoms in total. The Bertz CT molecular complexity index is 245. The lowest BCUT2D eigenvalue weighted by Gasteiger charge is -1.88. The Morgan fingerprint density at radius 3 is 2.90 bits per heavy atom. The summed E-state index contributed by atoms with van der Waals surface area (Å²) in [5, 5.41) is 16.9. The number of carbonyl (C=O) groups is 1. The molecule has 0 atom stereocenters. The second kappa shape index (κ2) is 2.76. The SMILES string of the molecule is O=C(O)c1s[c]nc1CO. The van der Waals surface area contributed by atoms with Crippen LogP contribution in [0.3, 0.4) is 0 Å². The Kier molecular flexibility index (Phi) is 1.98. The molecule has 0 aliphatic carbocycles. The highest BCUT2D eigenvalue weighted by molar-refractivity contribution is 7.11. The molecule has 1 aromatic heterocycles. The number of aliphatic hydroxyl groups excluding tert-OH is 1. The molecule has 2 N–H and O–H groups in total. The smallest absolute Gasteiger partial charge is 0.347 e. The molecule has 0 unspecified atom stereocenters. The second-order valence-corrected chi connectivity index (χ2v) is 2.34. The normalized spacial score (nSPS) is 9.70. The molecule has 0 fully saturated rings. The summed E-state index contributed by atoms with van der Waals surface area (Å²) in [6.07, 6.45) is 0. The highest BCUT2D eigenvalue weighted by atomic mass is 32.1. The van der Waals surface area contributed by atoms with Crippen molar-refractivity contribution in [1.82, 2.24) is 4.98 Å². The molecule has 0 amide bonds. The molecule has 0 aromatic carbocycles. The van der Waals surface area contributed by atoms with E-state index < -0.39 is 5.97 Å². The van der Waals surface area contributed by atoms with Crippen LogP contribution in [0.25, 0.3) is 0 Å². The van der Waals surface area contributed by atoms with E-state index in [1.165, 1.54) is 0 Å². The van der Waals surface area contributed by atoms with Gasteiger partial charge in [0.15, 0.2) is 5.51 Å². The van der Waals surface area contributed by atoms with Crippen LogP contribution in [0.4, 0.5) is 0 Å². The lowest BCUT2D eigenvalue weighted by atomic mass is 10.4. The number of nitrogens with zero attached hydrogens (tertiary/aromatic N) is 1. The Hall–Kier alpha value is -0.940. The van der Waals surface area contributed by atoms with Crippen LogP contribution in [0.1, 0.15) is 15.4 Å². The Balaban J connectivity index is 3.01. The van der Waals surface area contributed by atoms with E-state index in [-0.39, 0.29) is 17.2 Å². The lowest BCUT2D eigenvalue weighted by Crippen LogP contribution is -1.98. The molecule has 5 heteroatoms. The third kappa shape index (κ3) is 1.14. The van der Waals surface area contributed by atoms with Crippen molar-refractivity contribution >= 4 is 17.3 Å². The molecule has 0 spiro atoms. The minimum Gasteiger partial charge on any atom is -0.477 e. The van der Waals surface area contributed by atoms with Crippen molar-refractivity contribution in [2.75, 3.05) is 0 Å². The van der Waals surface area contributed by atoms with Crippen molar-refractivity contribution in [3.8, 4) is 0 Å². The van der Waals surface area contributed by atoms with Crippen LogP contribution >= 0.6 is 11.3 Å². The van der Waals surface area contributed by atoms with E-state index in [0.29, 0.717) is 0 Å². The first-order valence-electron chi connectivity index (χ1n) is 2.45. The van der Waals surface area contributed by atoms with Gasteiger partial charge < -0.3 is 10.2 Å². The molecule has 0 aliphatic heterocycles. The topological polar surface area (TPSA) is 70.4 Å². The third-order valence-electron chi connectivity index (χ3n) is 0.934. The van der Waals surface area contributed by atoms with Crippen LogP contribution in [0.5, 0.6) is 0 Å². The zero-order valence-corrected chi connectivity index (χ0v) is 5.68. The fourth-order valence-electron chi connectivity index (χ4n) is 0.507. The summed E-state index contributed by atoms with van der Waals surface area (Å²) in [4.78, 5) is 13.9. The van der Waals surface area contributed by atoms with Gasteiger partial charge >= 0.3 is 5.97 Å². The van der Waals surface area contributed by atoms with Gasteiger partial charge in [0.2, 0.25) is 0 Å². The van der Waals surface area contributed by atoms with Gasteiger partial charge in [-0.25, -0.2) is 9.78 Å². The minimum absolute atomic E-state index is 0.0579. The van der Waals surface area contributed by atoms with Crippen LogP contribution in [0, 0.1) is 5.51 Å². The van der Waals surface area contributed by atoms with Crippen molar-refractivity contribution in [3.63, 3.8) is 0 Å². The molecule has 10 heavy (non-hydrogen) atoms. The molecule has 1 aromatic rings. The first-order chi connectivity index (χ1) is 4.75. The largest absolute Gasteiger partial charge is 0.477 e. The third-order valence-corrected chi connectivity index (χ3v) is 1.73. The Morgan fingerprint density at radius 2 is 2.50 bits per heavy atom. The average molecular weight is 158 g/mol. The first kappa shape index (κ1) is 7.17. The summed E-state index contributed by atoms with van der Waals surface area (Å²) < 4.78 is 0. The molecule has 1 heterocycles. The Labute approximate surface area is 60.8 Å². The van der Waals surface area contributed by atoms with E-state index in [1.807, 2.05) is 0 Å². The number of hydrogen-bond donors (Lipinski definition) is 2. The van der Waals surface area contributed by atoms with E-state index in [9.17, 15) is 4.79 Å². The number of rotatable bonds is 2. The van der Waals surface area contributed by atoms with Crippen molar-refractivity contribution in [3.05, 3.63) is 16.1 Å². The van der Waals surface area contributed by atoms with Gasteiger partial charge in [-0.1, -0.05) is 0 Å². The number of thiazole rings is 1. The van der Waals surface area contributed by atoms with Gasteiger partial charge in [0.05, 0.1) is 12.3 Å². The molecule has 1 rings (SSSR count). The maximum absolute atomic E-state index is 10.3. The monoisotopic (exact) mass is 158 g/mol. The quantitative estimate of drug-likeness (QED) is 0.642. The van der Waals surface area contributed by atoms with Gasteiger partial charge in [0, 0.05) is 0 Å². The van der Waals surface area contributed by atoms with Crippen LogP contribution in [0.15, 0.2) is 0 Å². The fourth-order valence-corrected chi connectivity index (χ4v) is 1.07. The van der Waals surface area contributed by atoms with E-state index in [4.69, 9.17) is 10.2 Å². The molecule has 0 bridgehead atoms. The molecule has 1 radical (unpaired) electrons. The standard InChI is InChI=1S/C5H4NO3S/c7-1-3-4(5(8)9)10-2-6-3/h7H,1H2,(H,8,9). The highest BCUT2D eigenvalue weighted by Gasteiger charge is 2.11. The second-order valence-electron chi connectivity index (χ2n) is 1.54. The predicted octanol–water partition coefficient (Wildman–Crippen LogP) is 0.134. The molecule has 0 saturated carbocycles. The first-order valence-corrected chi connectivity index (χ1v) is 3.27. The maximum Gasteiger partial charge on any atom is 0.347 e. The van der Waals surface area contributed by atoms with Gasteiger partial charge in [0.1, 0.15) is 4.88 Å². The number of carboxylic acids is 1. The summed E-state index contributed by atoms with van der Waals surface area (Å²) >= 11 is 0.887. The van der Waals surface area contributed by atoms with Crippen LogP contribution < -0.4 is 0 Å². The summed E-state index contributed by atoms with van der Waals surface area (Å²) in [5.41, 5.74) is 2.56. The maximum atomic E-state index is 10.3. The summed E-state index contributed by atoms with van der Waals surface area (Å²) in [7, 11) is 0. The highest BCUT2D eigenvalue weighted by Crippen LogP contribution is 2.11. The van der Waals surface area contributed by atoms with Crippen LogP contribution in [0.2, 0.25) is 0 Å². The molecule has 0 aliphatic rings. The molecule has 53 valence electrons. The van der Waals surface area contributed by atoms with Gasteiger partial charge in [-0.3, -0.25) is 0 Å². The lowest BCUT2D eigenvalue weighted by molar-refractivity contribution is 0.0698. The number of hydrogen-bond acceptors (Lipinski definition) is 4. The summed E-state index contributed by atoms with van der Waals surface area (Å²) in [6.45, 7) is -0.346. The predicted molar refractivity (Wildman–Crippen MR) is 33.8 cm³/mol. The van der Waals surface area contributed by atoms with Crippen LogP contribution in [-0.4, -0.2) is 21.2 Å². The van der Waals surface area contributed by atoms with E-state index >= 15 is 0 Å². The zero-order valence-electron chi connectivity index (χ0n) is 4.87. The fraction of sp³-hybridized carbons (Fsp3) is 0.200. The van der Waals surface area contributed by atoms with Gasteiger partial charge in [0.25, 0.3) is 0 Å². The van der Waals surface area contributed by atoms with Gasteiger partial charge in [-0.15, -0.1) is 11.3 Å². The van der Waals surface area contributed by atoms with Crippen molar-refractivity contribution in [2.24, 2.45) is 0 Å². The molecular weight excluding hydrogens is 154 g/mol. The van der Waals surface area contributed by atoms with Crippen molar-refractivity contribution < 1.29 is 15.0 Å². The number of aliphatic hydroxyl groups is 1. The van der Waals surface area contributed by atoms with Crippen LogP contribution in [-0.2, 0) is 6.61 Å². The molecular formula is C5H4NO3S. The molecule has 0 saturated heterocycles. The average Bonchev–Trinajstić information content (AvgIpc) is 2.33. The zero-order chi connectivity index (χ0) is 7.56. The van der Waals surface area contributed by atoms with Crippen molar-refractivity contribution in [1.29, 1.82) is 0 Å².